The van der Waals surface area contributed by atoms with Crippen LogP contribution in [0.5, 0.6) is 0 Å². The van der Waals surface area contributed by atoms with Gasteiger partial charge in [0.25, 0.3) is 0 Å². The van der Waals surface area contributed by atoms with Gasteiger partial charge < -0.3 is 9.73 Å². The van der Waals surface area contributed by atoms with E-state index in [1.54, 1.807) is 36.6 Å². The highest BCUT2D eigenvalue weighted by Gasteiger charge is 2.00. The van der Waals surface area contributed by atoms with Crippen LogP contribution in [0.15, 0.2) is 46.1 Å². The minimum absolute atomic E-state index is 0.334. The van der Waals surface area contributed by atoms with Gasteiger partial charge in [-0.2, -0.15) is 5.10 Å². The third-order valence-electron chi connectivity index (χ3n) is 2.08. The zero-order chi connectivity index (χ0) is 13.7. The summed E-state index contributed by atoms with van der Waals surface area (Å²) in [6.45, 7) is 0. The first-order valence-electron chi connectivity index (χ1n) is 5.24. The maximum atomic E-state index is 5.89. The van der Waals surface area contributed by atoms with Gasteiger partial charge in [0.05, 0.1) is 22.5 Å². The summed E-state index contributed by atoms with van der Waals surface area (Å²) in [4.78, 5) is 0. The van der Waals surface area contributed by atoms with E-state index in [9.17, 15) is 0 Å². The molecule has 0 saturated carbocycles. The molecule has 0 saturated heterocycles. The Bertz CT molecular complexity index is 599. The fraction of sp³-hybridized carbons (Fsp3) is 0. The Kier molecular flexibility index (Phi) is 4.79. The highest BCUT2D eigenvalue weighted by Crippen LogP contribution is 2.24. The first-order chi connectivity index (χ1) is 9.15. The average molecular weight is 314 g/mol. The number of rotatable bonds is 3. The van der Waals surface area contributed by atoms with Crippen molar-refractivity contribution in [3.63, 3.8) is 0 Å². The van der Waals surface area contributed by atoms with Crippen molar-refractivity contribution >= 4 is 52.4 Å². The number of thiocarbonyl (C=S) groups is 1. The van der Waals surface area contributed by atoms with E-state index in [4.69, 9.17) is 39.8 Å². The Labute approximate surface area is 125 Å². The summed E-state index contributed by atoms with van der Waals surface area (Å²) >= 11 is 16.8. The van der Waals surface area contributed by atoms with Crippen molar-refractivity contribution < 1.29 is 4.42 Å². The molecule has 0 fully saturated rings. The van der Waals surface area contributed by atoms with Crippen molar-refractivity contribution in [1.82, 2.24) is 5.43 Å². The Morgan fingerprint density at radius 1 is 1.26 bits per heavy atom. The number of nitrogens with one attached hydrogen (secondary N) is 2. The van der Waals surface area contributed by atoms with Crippen LogP contribution in [0.4, 0.5) is 5.69 Å². The quantitative estimate of drug-likeness (QED) is 0.512. The maximum Gasteiger partial charge on any atom is 0.191 e. The van der Waals surface area contributed by atoms with Crippen LogP contribution in [0, 0.1) is 0 Å². The molecule has 0 unspecified atom stereocenters. The summed E-state index contributed by atoms with van der Waals surface area (Å²) in [5.74, 6) is 0.629. The number of hydrazone groups is 1. The highest BCUT2D eigenvalue weighted by molar-refractivity contribution is 7.80. The minimum Gasteiger partial charge on any atom is -0.463 e. The molecular weight excluding hydrogens is 305 g/mol. The third-order valence-corrected chi connectivity index (χ3v) is 3.01. The first-order valence-corrected chi connectivity index (χ1v) is 6.40. The molecule has 0 aliphatic carbocycles. The molecule has 2 rings (SSSR count). The van der Waals surface area contributed by atoms with Crippen molar-refractivity contribution in [2.45, 2.75) is 0 Å². The number of benzene rings is 1. The van der Waals surface area contributed by atoms with Gasteiger partial charge in [0, 0.05) is 5.69 Å². The molecule has 0 atom stereocenters. The molecular formula is C12H9Cl2N3OS. The molecule has 4 nitrogen and oxygen atoms in total. The molecule has 0 amide bonds. The van der Waals surface area contributed by atoms with E-state index in [0.29, 0.717) is 20.9 Å². The summed E-state index contributed by atoms with van der Waals surface area (Å²) in [5.41, 5.74) is 3.38. The predicted octanol–water partition coefficient (Wildman–Crippen LogP) is 3.91. The summed E-state index contributed by atoms with van der Waals surface area (Å²) in [5, 5.41) is 8.12. The lowest BCUT2D eigenvalue weighted by Crippen LogP contribution is -2.23. The standard InChI is InChI=1S/C12H9Cl2N3OS/c13-10-4-3-8(6-11(10)14)16-12(19)17-15-7-9-2-1-5-18-9/h1-7H,(H2,16,17,19)/b15-7-. The summed E-state index contributed by atoms with van der Waals surface area (Å²) < 4.78 is 5.08. The average Bonchev–Trinajstić information content (AvgIpc) is 2.87. The summed E-state index contributed by atoms with van der Waals surface area (Å²) in [6.07, 6.45) is 3.08. The van der Waals surface area contributed by atoms with E-state index in [2.05, 4.69) is 15.8 Å². The second-order valence-electron chi connectivity index (χ2n) is 3.47. The van der Waals surface area contributed by atoms with Crippen molar-refractivity contribution in [3.05, 3.63) is 52.4 Å². The zero-order valence-corrected chi connectivity index (χ0v) is 11.9. The molecule has 2 aromatic rings. The smallest absolute Gasteiger partial charge is 0.191 e. The van der Waals surface area contributed by atoms with Gasteiger partial charge in [-0.15, -0.1) is 0 Å². The topological polar surface area (TPSA) is 49.6 Å². The van der Waals surface area contributed by atoms with Crippen molar-refractivity contribution in [2.75, 3.05) is 5.32 Å². The largest absolute Gasteiger partial charge is 0.463 e. The maximum absolute atomic E-state index is 5.89. The fourth-order valence-corrected chi connectivity index (χ4v) is 1.72. The molecule has 0 aliphatic rings. The van der Waals surface area contributed by atoms with Gasteiger partial charge in [0.2, 0.25) is 0 Å². The van der Waals surface area contributed by atoms with Gasteiger partial charge >= 0.3 is 0 Å². The Morgan fingerprint density at radius 3 is 2.79 bits per heavy atom. The molecule has 19 heavy (non-hydrogen) atoms. The lowest BCUT2D eigenvalue weighted by atomic mass is 10.3. The van der Waals surface area contributed by atoms with Gasteiger partial charge in [-0.3, -0.25) is 5.43 Å². The number of hydrogen-bond donors (Lipinski definition) is 2. The Morgan fingerprint density at radius 2 is 2.11 bits per heavy atom. The number of nitrogens with zero attached hydrogens (tertiary/aromatic N) is 1. The van der Waals surface area contributed by atoms with Gasteiger partial charge in [-0.1, -0.05) is 23.2 Å². The van der Waals surface area contributed by atoms with Gasteiger partial charge in [-0.25, -0.2) is 0 Å². The Balaban J connectivity index is 1.89. The van der Waals surface area contributed by atoms with Crippen LogP contribution in [0.2, 0.25) is 10.0 Å². The SMILES string of the molecule is S=C(N/N=C\c1ccco1)Nc1ccc(Cl)c(Cl)c1. The van der Waals surface area contributed by atoms with Crippen LogP contribution in [-0.4, -0.2) is 11.3 Å². The molecule has 0 spiro atoms. The molecule has 0 radical (unpaired) electrons. The van der Waals surface area contributed by atoms with Crippen LogP contribution in [0.25, 0.3) is 0 Å². The molecule has 1 aromatic heterocycles. The number of anilines is 1. The third kappa shape index (κ3) is 4.24. The molecule has 1 aromatic carbocycles. The molecule has 98 valence electrons. The van der Waals surface area contributed by atoms with Crippen molar-refractivity contribution in [1.29, 1.82) is 0 Å². The first kappa shape index (κ1) is 13.9. The van der Waals surface area contributed by atoms with E-state index >= 15 is 0 Å². The zero-order valence-electron chi connectivity index (χ0n) is 9.56. The normalized spacial score (nSPS) is 10.6. The van der Waals surface area contributed by atoms with Crippen molar-refractivity contribution in [2.24, 2.45) is 5.10 Å². The summed E-state index contributed by atoms with van der Waals surface area (Å²) in [7, 11) is 0. The monoisotopic (exact) mass is 313 g/mol. The second-order valence-corrected chi connectivity index (χ2v) is 4.69. The van der Waals surface area contributed by atoms with E-state index in [1.165, 1.54) is 6.21 Å². The van der Waals surface area contributed by atoms with Crippen LogP contribution in [-0.2, 0) is 0 Å². The lowest BCUT2D eigenvalue weighted by molar-refractivity contribution is 0.560. The van der Waals surface area contributed by atoms with Crippen molar-refractivity contribution in [3.8, 4) is 0 Å². The second kappa shape index (κ2) is 6.56. The molecule has 7 heteroatoms. The van der Waals surface area contributed by atoms with Gasteiger partial charge in [-0.05, 0) is 42.5 Å². The van der Waals surface area contributed by atoms with Crippen LogP contribution >= 0.6 is 35.4 Å². The van der Waals surface area contributed by atoms with Crippen LogP contribution < -0.4 is 10.7 Å². The van der Waals surface area contributed by atoms with Crippen LogP contribution in [0.1, 0.15) is 5.76 Å². The fourth-order valence-electron chi connectivity index (χ4n) is 1.25. The lowest BCUT2D eigenvalue weighted by Gasteiger charge is -2.07. The highest BCUT2D eigenvalue weighted by atomic mass is 35.5. The van der Waals surface area contributed by atoms with E-state index in [0.717, 1.165) is 5.69 Å². The summed E-state index contributed by atoms with van der Waals surface area (Å²) in [6, 6.07) is 8.67. The van der Waals surface area contributed by atoms with Crippen LogP contribution in [0.3, 0.4) is 0 Å². The van der Waals surface area contributed by atoms with E-state index < -0.39 is 0 Å². The molecule has 1 heterocycles. The predicted molar refractivity (Wildman–Crippen MR) is 82.1 cm³/mol. The molecule has 0 bridgehead atoms. The number of halogens is 2. The Hall–Kier alpha value is -1.56. The number of furan rings is 1. The van der Waals surface area contributed by atoms with Gasteiger partial charge in [0.1, 0.15) is 5.76 Å². The van der Waals surface area contributed by atoms with Gasteiger partial charge in [0.15, 0.2) is 5.11 Å². The number of hydrogen-bond acceptors (Lipinski definition) is 3. The molecule has 0 aliphatic heterocycles. The van der Waals surface area contributed by atoms with E-state index in [1.807, 2.05) is 0 Å². The van der Waals surface area contributed by atoms with E-state index in [-0.39, 0.29) is 0 Å². The minimum atomic E-state index is 0.334. The molecule has 2 N–H and O–H groups in total.